The number of aryl methyl sites for hydroxylation is 1. The molecule has 7 nitrogen and oxygen atoms in total. The topological polar surface area (TPSA) is 105 Å². The number of carbonyl (C=O) groups excluding carboxylic acids is 2. The van der Waals surface area contributed by atoms with E-state index in [1.54, 1.807) is 18.2 Å². The minimum absolute atomic E-state index is 0.0823. The average Bonchev–Trinajstić information content (AvgIpc) is 2.72. The normalized spacial score (nSPS) is 10.3. The first kappa shape index (κ1) is 23.2. The lowest BCUT2D eigenvalue weighted by atomic mass is 10.1. The molecule has 0 aliphatic rings. The molecule has 2 amide bonds. The molecule has 0 aliphatic heterocycles. The van der Waals surface area contributed by atoms with E-state index in [4.69, 9.17) is 21.4 Å². The van der Waals surface area contributed by atoms with E-state index in [1.807, 2.05) is 24.3 Å². The number of carboxylic acids is 1. The van der Waals surface area contributed by atoms with E-state index in [0.717, 1.165) is 11.1 Å². The van der Waals surface area contributed by atoms with Crippen LogP contribution in [0.4, 0.5) is 0 Å². The van der Waals surface area contributed by atoms with E-state index in [-0.39, 0.29) is 24.8 Å². The van der Waals surface area contributed by atoms with Crippen molar-refractivity contribution in [1.82, 2.24) is 10.6 Å². The minimum atomic E-state index is -0.936. The molecule has 8 heteroatoms. The van der Waals surface area contributed by atoms with Gasteiger partial charge in [-0.05, 0) is 42.2 Å². The standard InChI is InChI=1S/C22H25ClN2O5/c1-30-19-8-7-17(23)14-18(19)22(29)25-12-10-16-4-2-15(3-5-16)6-9-20(26)24-13-11-21(27)28/h2-5,7-8,14H,6,9-13H2,1H3,(H,24,26)(H,25,29)(H,27,28). The van der Waals surface area contributed by atoms with Gasteiger partial charge in [0.05, 0.1) is 19.1 Å². The van der Waals surface area contributed by atoms with Crippen molar-refractivity contribution in [3.63, 3.8) is 0 Å². The second-order valence-corrected chi connectivity index (χ2v) is 7.10. The fraction of sp³-hybridized carbons (Fsp3) is 0.318. The summed E-state index contributed by atoms with van der Waals surface area (Å²) in [5.41, 5.74) is 2.46. The highest BCUT2D eigenvalue weighted by Crippen LogP contribution is 2.22. The van der Waals surface area contributed by atoms with Crippen LogP contribution in [0.2, 0.25) is 5.02 Å². The summed E-state index contributed by atoms with van der Waals surface area (Å²) >= 11 is 5.96. The second-order valence-electron chi connectivity index (χ2n) is 6.66. The molecule has 0 unspecified atom stereocenters. The van der Waals surface area contributed by atoms with Crippen LogP contribution in [-0.4, -0.2) is 43.1 Å². The molecule has 160 valence electrons. The Kier molecular flexibility index (Phi) is 9.15. The quantitative estimate of drug-likeness (QED) is 0.506. The van der Waals surface area contributed by atoms with Crippen molar-refractivity contribution in [1.29, 1.82) is 0 Å². The van der Waals surface area contributed by atoms with Crippen molar-refractivity contribution < 1.29 is 24.2 Å². The highest BCUT2D eigenvalue weighted by molar-refractivity contribution is 6.31. The molecule has 0 atom stereocenters. The Morgan fingerprint density at radius 1 is 0.933 bits per heavy atom. The van der Waals surface area contributed by atoms with Gasteiger partial charge >= 0.3 is 5.97 Å². The lowest BCUT2D eigenvalue weighted by Crippen LogP contribution is -2.26. The molecule has 2 aromatic carbocycles. The van der Waals surface area contributed by atoms with E-state index >= 15 is 0 Å². The molecule has 0 saturated heterocycles. The molecule has 0 radical (unpaired) electrons. The van der Waals surface area contributed by atoms with Crippen molar-refractivity contribution in [2.75, 3.05) is 20.2 Å². The van der Waals surface area contributed by atoms with Gasteiger partial charge in [-0.15, -0.1) is 0 Å². The van der Waals surface area contributed by atoms with E-state index in [2.05, 4.69) is 10.6 Å². The first-order valence-corrected chi connectivity index (χ1v) is 9.95. The lowest BCUT2D eigenvalue weighted by Gasteiger charge is -2.10. The van der Waals surface area contributed by atoms with Crippen LogP contribution >= 0.6 is 11.6 Å². The number of methoxy groups -OCH3 is 1. The Bertz CT molecular complexity index is 884. The molecule has 0 saturated carbocycles. The van der Waals surface area contributed by atoms with Gasteiger partial charge in [-0.3, -0.25) is 14.4 Å². The summed E-state index contributed by atoms with van der Waals surface area (Å²) < 4.78 is 5.20. The largest absolute Gasteiger partial charge is 0.496 e. The van der Waals surface area contributed by atoms with Gasteiger partial charge in [0.15, 0.2) is 0 Å². The van der Waals surface area contributed by atoms with Gasteiger partial charge in [-0.2, -0.15) is 0 Å². The molecule has 2 rings (SSSR count). The third kappa shape index (κ3) is 7.75. The fourth-order valence-corrected chi connectivity index (χ4v) is 2.97. The predicted octanol–water partition coefficient (Wildman–Crippen LogP) is 2.84. The maximum Gasteiger partial charge on any atom is 0.305 e. The van der Waals surface area contributed by atoms with Crippen LogP contribution < -0.4 is 15.4 Å². The van der Waals surface area contributed by atoms with Gasteiger partial charge in [-0.25, -0.2) is 0 Å². The summed E-state index contributed by atoms with van der Waals surface area (Å²) in [6.07, 6.45) is 1.45. The second kappa shape index (κ2) is 11.8. The number of ether oxygens (including phenoxy) is 1. The molecule has 0 aromatic heterocycles. The van der Waals surface area contributed by atoms with Crippen LogP contribution in [0.15, 0.2) is 42.5 Å². The van der Waals surface area contributed by atoms with Gasteiger partial charge in [-0.1, -0.05) is 35.9 Å². The van der Waals surface area contributed by atoms with Crippen molar-refractivity contribution >= 4 is 29.4 Å². The molecule has 0 aliphatic carbocycles. The molecule has 30 heavy (non-hydrogen) atoms. The van der Waals surface area contributed by atoms with Gasteiger partial charge in [0.25, 0.3) is 5.91 Å². The number of rotatable bonds is 11. The Morgan fingerprint density at radius 3 is 2.23 bits per heavy atom. The van der Waals surface area contributed by atoms with Gasteiger partial charge in [0.1, 0.15) is 5.75 Å². The summed E-state index contributed by atoms with van der Waals surface area (Å²) in [4.78, 5) is 34.5. The summed E-state index contributed by atoms with van der Waals surface area (Å²) in [6, 6.07) is 12.7. The Balaban J connectivity index is 1.76. The molecule has 2 aromatic rings. The van der Waals surface area contributed by atoms with Crippen molar-refractivity contribution in [3.05, 3.63) is 64.2 Å². The number of hydrogen-bond donors (Lipinski definition) is 3. The highest BCUT2D eigenvalue weighted by Gasteiger charge is 2.12. The van der Waals surface area contributed by atoms with Gasteiger partial charge in [0.2, 0.25) is 5.91 Å². The number of benzene rings is 2. The highest BCUT2D eigenvalue weighted by atomic mass is 35.5. The predicted molar refractivity (Wildman–Crippen MR) is 114 cm³/mol. The monoisotopic (exact) mass is 432 g/mol. The van der Waals surface area contributed by atoms with Crippen molar-refractivity contribution in [2.45, 2.75) is 25.7 Å². The fourth-order valence-electron chi connectivity index (χ4n) is 2.80. The summed E-state index contributed by atoms with van der Waals surface area (Å²) in [7, 11) is 1.50. The Morgan fingerprint density at radius 2 is 1.60 bits per heavy atom. The van der Waals surface area contributed by atoms with E-state index in [1.165, 1.54) is 7.11 Å². The van der Waals surface area contributed by atoms with Crippen LogP contribution in [0.5, 0.6) is 5.75 Å². The number of aliphatic carboxylic acids is 1. The van der Waals surface area contributed by atoms with Crippen LogP contribution in [0.25, 0.3) is 0 Å². The van der Waals surface area contributed by atoms with Crippen molar-refractivity contribution in [3.8, 4) is 5.75 Å². The summed E-state index contributed by atoms with van der Waals surface area (Å²) in [6.45, 7) is 0.597. The zero-order chi connectivity index (χ0) is 21.9. The van der Waals surface area contributed by atoms with Crippen LogP contribution in [-0.2, 0) is 22.4 Å². The Labute approximate surface area is 180 Å². The van der Waals surface area contributed by atoms with Crippen LogP contribution in [0.1, 0.15) is 34.3 Å². The number of nitrogens with one attached hydrogen (secondary N) is 2. The zero-order valence-electron chi connectivity index (χ0n) is 16.7. The average molecular weight is 433 g/mol. The lowest BCUT2D eigenvalue weighted by molar-refractivity contribution is -0.136. The SMILES string of the molecule is COc1ccc(Cl)cc1C(=O)NCCc1ccc(CCC(=O)NCCC(=O)O)cc1. The van der Waals surface area contributed by atoms with E-state index in [0.29, 0.717) is 42.1 Å². The third-order valence-electron chi connectivity index (χ3n) is 4.43. The number of hydrogen-bond acceptors (Lipinski definition) is 4. The molecule has 0 fully saturated rings. The van der Waals surface area contributed by atoms with Crippen LogP contribution in [0, 0.1) is 0 Å². The molecular weight excluding hydrogens is 408 g/mol. The Hall–Kier alpha value is -3.06. The molecule has 0 bridgehead atoms. The number of amides is 2. The maximum atomic E-state index is 12.4. The zero-order valence-corrected chi connectivity index (χ0v) is 17.5. The molecule has 3 N–H and O–H groups in total. The minimum Gasteiger partial charge on any atom is -0.496 e. The van der Waals surface area contributed by atoms with Crippen LogP contribution in [0.3, 0.4) is 0 Å². The third-order valence-corrected chi connectivity index (χ3v) is 4.67. The first-order chi connectivity index (χ1) is 14.4. The smallest absolute Gasteiger partial charge is 0.305 e. The van der Waals surface area contributed by atoms with Gasteiger partial charge < -0.3 is 20.5 Å². The molecule has 0 heterocycles. The van der Waals surface area contributed by atoms with E-state index < -0.39 is 5.97 Å². The molecular formula is C22H25ClN2O5. The van der Waals surface area contributed by atoms with Gasteiger partial charge in [0, 0.05) is 24.5 Å². The van der Waals surface area contributed by atoms with Crippen molar-refractivity contribution in [2.24, 2.45) is 0 Å². The summed E-state index contributed by atoms with van der Waals surface area (Å²) in [5, 5.41) is 14.5. The number of carbonyl (C=O) groups is 3. The first-order valence-electron chi connectivity index (χ1n) is 9.57. The number of halogens is 1. The summed E-state index contributed by atoms with van der Waals surface area (Å²) in [5.74, 6) is -0.888. The maximum absolute atomic E-state index is 12.4. The molecule has 0 spiro atoms. The van der Waals surface area contributed by atoms with E-state index in [9.17, 15) is 14.4 Å². The number of carboxylic acid groups (broad SMARTS) is 1.